The zero-order chi connectivity index (χ0) is 23.8. The zero-order valence-corrected chi connectivity index (χ0v) is 19.1. The molecule has 1 heterocycles. The van der Waals surface area contributed by atoms with E-state index >= 15 is 0 Å². The number of halogens is 1. The van der Waals surface area contributed by atoms with Crippen molar-refractivity contribution in [3.63, 3.8) is 0 Å². The number of hydrogen-bond acceptors (Lipinski definition) is 6. The third-order valence-corrected chi connectivity index (χ3v) is 5.98. The molecule has 0 aromatic heterocycles. The van der Waals surface area contributed by atoms with Gasteiger partial charge in [-0.25, -0.2) is 0 Å². The first kappa shape index (κ1) is 24.5. The molecule has 9 nitrogen and oxygen atoms in total. The molecule has 0 spiro atoms. The van der Waals surface area contributed by atoms with E-state index in [9.17, 15) is 19.7 Å². The summed E-state index contributed by atoms with van der Waals surface area (Å²) in [7, 11) is 1.70. The molecule has 2 amide bonds. The van der Waals surface area contributed by atoms with Gasteiger partial charge in [-0.05, 0) is 50.0 Å². The number of hydrogen-bond donors (Lipinski definition) is 2. The number of benzene rings is 2. The Morgan fingerprint density at radius 2 is 1.85 bits per heavy atom. The highest BCUT2D eigenvalue weighted by atomic mass is 35.5. The Kier molecular flexibility index (Phi) is 8.24. The van der Waals surface area contributed by atoms with Crippen molar-refractivity contribution in [2.24, 2.45) is 0 Å². The van der Waals surface area contributed by atoms with Crippen LogP contribution >= 0.6 is 11.6 Å². The van der Waals surface area contributed by atoms with Gasteiger partial charge >= 0.3 is 0 Å². The molecule has 1 fully saturated rings. The maximum absolute atomic E-state index is 13.4. The van der Waals surface area contributed by atoms with E-state index in [0.29, 0.717) is 49.7 Å². The number of rotatable bonds is 9. The van der Waals surface area contributed by atoms with E-state index in [-0.39, 0.29) is 18.2 Å². The molecular formula is C23H27ClN4O5. The first-order valence-electron chi connectivity index (χ1n) is 10.7. The number of carbonyl (C=O) groups excluding carboxylic acids is 2. The number of nitro benzene ring substituents is 1. The van der Waals surface area contributed by atoms with Crippen LogP contribution in [0.25, 0.3) is 0 Å². The van der Waals surface area contributed by atoms with Crippen LogP contribution in [0.4, 0.5) is 5.69 Å². The van der Waals surface area contributed by atoms with Crippen LogP contribution in [-0.4, -0.2) is 60.5 Å². The minimum absolute atomic E-state index is 0.0264. The average Bonchev–Trinajstić information content (AvgIpc) is 2.82. The predicted molar refractivity (Wildman–Crippen MR) is 124 cm³/mol. The first-order chi connectivity index (χ1) is 15.8. The van der Waals surface area contributed by atoms with Crippen molar-refractivity contribution in [1.29, 1.82) is 0 Å². The number of piperidine rings is 1. The molecule has 2 aromatic rings. The average molecular weight is 475 g/mol. The van der Waals surface area contributed by atoms with Crippen LogP contribution in [0.15, 0.2) is 48.5 Å². The Balaban J connectivity index is 1.61. The number of nitrogens with one attached hydrogen (secondary N) is 2. The van der Waals surface area contributed by atoms with Crippen LogP contribution in [0.5, 0.6) is 5.75 Å². The largest absolute Gasteiger partial charge is 0.482 e. The highest BCUT2D eigenvalue weighted by molar-refractivity contribution is 6.32. The lowest BCUT2D eigenvalue weighted by Crippen LogP contribution is -2.63. The SMILES string of the molecule is CN(CCc1ccc([N+](=O)[O-])cc1)C(=O)C1(NC(=O)COc2ccccc2Cl)CCNCC1. The molecule has 3 rings (SSSR count). The maximum atomic E-state index is 13.4. The molecule has 10 heteroatoms. The second kappa shape index (κ2) is 11.1. The smallest absolute Gasteiger partial charge is 0.269 e. The van der Waals surface area contributed by atoms with Crippen LogP contribution in [-0.2, 0) is 16.0 Å². The Bertz CT molecular complexity index is 993. The number of likely N-dealkylation sites (N-methyl/N-ethyl adjacent to an activating group) is 1. The van der Waals surface area contributed by atoms with E-state index in [1.54, 1.807) is 48.3 Å². The summed E-state index contributed by atoms with van der Waals surface area (Å²) in [5, 5.41) is 17.3. The van der Waals surface area contributed by atoms with Crippen LogP contribution in [0.3, 0.4) is 0 Å². The molecule has 0 unspecified atom stereocenters. The summed E-state index contributed by atoms with van der Waals surface area (Å²) in [6, 6.07) is 13.1. The quantitative estimate of drug-likeness (QED) is 0.426. The van der Waals surface area contributed by atoms with E-state index in [4.69, 9.17) is 16.3 Å². The van der Waals surface area contributed by atoms with Crippen molar-refractivity contribution in [2.75, 3.05) is 33.3 Å². The van der Waals surface area contributed by atoms with Gasteiger partial charge in [0.05, 0.1) is 9.95 Å². The number of ether oxygens (including phenoxy) is 1. The highest BCUT2D eigenvalue weighted by Gasteiger charge is 2.42. The number of nitrogens with zero attached hydrogens (tertiary/aromatic N) is 2. The lowest BCUT2D eigenvalue weighted by atomic mass is 9.86. The molecule has 0 radical (unpaired) electrons. The van der Waals surface area contributed by atoms with Crippen LogP contribution in [0.2, 0.25) is 5.02 Å². The molecule has 2 N–H and O–H groups in total. The number of amides is 2. The molecule has 33 heavy (non-hydrogen) atoms. The third kappa shape index (κ3) is 6.43. The van der Waals surface area contributed by atoms with Crippen molar-refractivity contribution in [1.82, 2.24) is 15.5 Å². The molecule has 1 aliphatic heterocycles. The second-order valence-electron chi connectivity index (χ2n) is 8.00. The minimum Gasteiger partial charge on any atom is -0.482 e. The second-order valence-corrected chi connectivity index (χ2v) is 8.41. The molecule has 1 saturated heterocycles. The topological polar surface area (TPSA) is 114 Å². The lowest BCUT2D eigenvalue weighted by molar-refractivity contribution is -0.384. The van der Waals surface area contributed by atoms with Gasteiger partial charge in [-0.2, -0.15) is 0 Å². The van der Waals surface area contributed by atoms with Crippen LogP contribution in [0.1, 0.15) is 18.4 Å². The zero-order valence-electron chi connectivity index (χ0n) is 18.4. The number of non-ortho nitro benzene ring substituents is 1. The fourth-order valence-electron chi connectivity index (χ4n) is 3.80. The maximum Gasteiger partial charge on any atom is 0.269 e. The normalized spacial score (nSPS) is 14.8. The molecule has 0 atom stereocenters. The highest BCUT2D eigenvalue weighted by Crippen LogP contribution is 2.24. The Morgan fingerprint density at radius 3 is 2.48 bits per heavy atom. The number of carbonyl (C=O) groups is 2. The molecule has 176 valence electrons. The van der Waals surface area contributed by atoms with E-state index < -0.39 is 16.4 Å². The Morgan fingerprint density at radius 1 is 1.18 bits per heavy atom. The van der Waals surface area contributed by atoms with E-state index in [1.807, 2.05) is 0 Å². The summed E-state index contributed by atoms with van der Waals surface area (Å²) in [6.45, 7) is 1.37. The van der Waals surface area contributed by atoms with Crippen LogP contribution in [0, 0.1) is 10.1 Å². The summed E-state index contributed by atoms with van der Waals surface area (Å²) in [5.41, 5.74) is -0.105. The lowest BCUT2D eigenvalue weighted by Gasteiger charge is -2.39. The number of para-hydroxylation sites is 1. The monoisotopic (exact) mass is 474 g/mol. The molecule has 0 aliphatic carbocycles. The first-order valence-corrected chi connectivity index (χ1v) is 11.1. The van der Waals surface area contributed by atoms with Gasteiger partial charge in [-0.3, -0.25) is 19.7 Å². The van der Waals surface area contributed by atoms with Crippen LogP contribution < -0.4 is 15.4 Å². The summed E-state index contributed by atoms with van der Waals surface area (Å²) in [6.07, 6.45) is 1.47. The van der Waals surface area contributed by atoms with E-state index in [0.717, 1.165) is 5.56 Å². The van der Waals surface area contributed by atoms with Gasteiger partial charge in [0.15, 0.2) is 6.61 Å². The molecular weight excluding hydrogens is 448 g/mol. The van der Waals surface area contributed by atoms with E-state index in [2.05, 4.69) is 10.6 Å². The Labute approximate surface area is 197 Å². The standard InChI is InChI=1S/C23H27ClN4O5/c1-27(15-10-17-6-8-18(9-7-17)28(31)32)22(30)23(11-13-25-14-12-23)26-21(29)16-33-20-5-3-2-4-19(20)24/h2-9,25H,10-16H2,1H3,(H,26,29). The van der Waals surface area contributed by atoms with Crippen molar-refractivity contribution in [3.8, 4) is 5.75 Å². The summed E-state index contributed by atoms with van der Waals surface area (Å²) in [4.78, 5) is 38.0. The van der Waals surface area contributed by atoms with Crippen molar-refractivity contribution < 1.29 is 19.2 Å². The van der Waals surface area contributed by atoms with Gasteiger partial charge in [0.25, 0.3) is 11.6 Å². The van der Waals surface area contributed by atoms with Crippen molar-refractivity contribution >= 4 is 29.1 Å². The van der Waals surface area contributed by atoms with Gasteiger partial charge in [-0.1, -0.05) is 35.9 Å². The van der Waals surface area contributed by atoms with Crippen molar-refractivity contribution in [2.45, 2.75) is 24.8 Å². The van der Waals surface area contributed by atoms with Gasteiger partial charge in [0, 0.05) is 25.7 Å². The molecule has 1 aliphatic rings. The summed E-state index contributed by atoms with van der Waals surface area (Å²) < 4.78 is 5.52. The summed E-state index contributed by atoms with van der Waals surface area (Å²) >= 11 is 6.07. The molecule has 0 bridgehead atoms. The minimum atomic E-state index is -1.02. The van der Waals surface area contributed by atoms with Crippen molar-refractivity contribution in [3.05, 3.63) is 69.2 Å². The van der Waals surface area contributed by atoms with Gasteiger partial charge in [0.1, 0.15) is 11.3 Å². The molecule has 0 saturated carbocycles. The molecule has 2 aromatic carbocycles. The summed E-state index contributed by atoms with van der Waals surface area (Å²) in [5.74, 6) is -0.161. The predicted octanol–water partition coefficient (Wildman–Crippen LogP) is 2.57. The fourth-order valence-corrected chi connectivity index (χ4v) is 3.99. The Hall–Kier alpha value is -3.17. The fraction of sp³-hybridized carbons (Fsp3) is 0.391. The third-order valence-electron chi connectivity index (χ3n) is 5.67. The van der Waals surface area contributed by atoms with Gasteiger partial charge in [-0.15, -0.1) is 0 Å². The van der Waals surface area contributed by atoms with Gasteiger partial charge < -0.3 is 20.3 Å². The van der Waals surface area contributed by atoms with E-state index in [1.165, 1.54) is 12.1 Å². The van der Waals surface area contributed by atoms with Gasteiger partial charge in [0.2, 0.25) is 5.91 Å². The number of nitro groups is 1.